The van der Waals surface area contributed by atoms with Crippen LogP contribution in [0, 0.1) is 12.8 Å². The van der Waals surface area contributed by atoms with Crippen LogP contribution in [0.3, 0.4) is 0 Å². The summed E-state index contributed by atoms with van der Waals surface area (Å²) in [5.74, 6) is 0.987. The lowest BCUT2D eigenvalue weighted by atomic mass is 10.1. The van der Waals surface area contributed by atoms with Gasteiger partial charge in [0.05, 0.1) is 6.61 Å². The Hall–Kier alpha value is -1.06. The summed E-state index contributed by atoms with van der Waals surface area (Å²) in [5, 5.41) is 9.89. The van der Waals surface area contributed by atoms with Crippen LogP contribution >= 0.6 is 0 Å². The van der Waals surface area contributed by atoms with E-state index in [0.717, 1.165) is 31.8 Å². The summed E-state index contributed by atoms with van der Waals surface area (Å²) < 4.78 is 5.14. The second-order valence-electron chi connectivity index (χ2n) is 5.25. The fourth-order valence-electron chi connectivity index (χ4n) is 2.05. The highest BCUT2D eigenvalue weighted by Crippen LogP contribution is 2.20. The highest BCUT2D eigenvalue weighted by atomic mass is 16.5. The fraction of sp³-hybridized carbons (Fsp3) is 0.600. The van der Waals surface area contributed by atoms with Crippen LogP contribution in [-0.4, -0.2) is 36.8 Å². The van der Waals surface area contributed by atoms with Gasteiger partial charge in [-0.05, 0) is 18.9 Å². The quantitative estimate of drug-likeness (QED) is 0.809. The molecule has 0 unspecified atom stereocenters. The molecule has 0 saturated carbocycles. The number of phenolic OH excluding ortho intramolecular Hbond substituents is 1. The van der Waals surface area contributed by atoms with E-state index < -0.39 is 0 Å². The molecule has 0 atom stereocenters. The average Bonchev–Trinajstić information content (AvgIpc) is 2.30. The minimum absolute atomic E-state index is 0.381. The zero-order valence-corrected chi connectivity index (χ0v) is 11.9. The first-order valence-electron chi connectivity index (χ1n) is 6.52. The van der Waals surface area contributed by atoms with Gasteiger partial charge in [-0.3, -0.25) is 4.90 Å². The lowest BCUT2D eigenvalue weighted by Gasteiger charge is -2.24. The van der Waals surface area contributed by atoms with E-state index in [4.69, 9.17) is 4.74 Å². The number of aryl methyl sites for hydroxylation is 1. The Bertz CT molecular complexity index is 364. The predicted molar refractivity (Wildman–Crippen MR) is 74.8 cm³/mol. The molecule has 0 amide bonds. The number of rotatable bonds is 7. The number of nitrogens with zero attached hydrogens (tertiary/aromatic N) is 1. The van der Waals surface area contributed by atoms with Gasteiger partial charge in [0.1, 0.15) is 5.75 Å². The Balaban J connectivity index is 2.71. The molecule has 1 rings (SSSR count). The summed E-state index contributed by atoms with van der Waals surface area (Å²) in [7, 11) is 1.72. The van der Waals surface area contributed by atoms with Gasteiger partial charge in [-0.2, -0.15) is 0 Å². The van der Waals surface area contributed by atoms with Gasteiger partial charge in [0.2, 0.25) is 0 Å². The molecule has 0 aliphatic rings. The number of ether oxygens (including phenoxy) is 1. The van der Waals surface area contributed by atoms with Crippen LogP contribution in [0.15, 0.2) is 18.2 Å². The lowest BCUT2D eigenvalue weighted by Crippen LogP contribution is -2.30. The van der Waals surface area contributed by atoms with Crippen LogP contribution in [0.5, 0.6) is 5.75 Å². The van der Waals surface area contributed by atoms with Crippen molar-refractivity contribution in [1.29, 1.82) is 0 Å². The van der Waals surface area contributed by atoms with Crippen LogP contribution in [-0.2, 0) is 11.3 Å². The van der Waals surface area contributed by atoms with Crippen molar-refractivity contribution in [2.75, 3.05) is 26.8 Å². The lowest BCUT2D eigenvalue weighted by molar-refractivity contribution is 0.135. The zero-order valence-electron chi connectivity index (χ0n) is 11.9. The normalized spacial score (nSPS) is 11.4. The number of hydrogen-bond donors (Lipinski definition) is 1. The first-order valence-corrected chi connectivity index (χ1v) is 6.52. The predicted octanol–water partition coefficient (Wildman–Crippen LogP) is 2.81. The maximum Gasteiger partial charge on any atom is 0.120 e. The van der Waals surface area contributed by atoms with Gasteiger partial charge in [-0.1, -0.05) is 31.5 Å². The van der Waals surface area contributed by atoms with Crippen molar-refractivity contribution >= 4 is 0 Å². The molecule has 0 heterocycles. The van der Waals surface area contributed by atoms with E-state index in [2.05, 4.69) is 24.8 Å². The molecule has 0 aliphatic heterocycles. The van der Waals surface area contributed by atoms with E-state index in [-0.39, 0.29) is 0 Å². The van der Waals surface area contributed by atoms with Crippen LogP contribution < -0.4 is 0 Å². The zero-order chi connectivity index (χ0) is 13.5. The van der Waals surface area contributed by atoms with Crippen molar-refractivity contribution in [3.63, 3.8) is 0 Å². The summed E-state index contributed by atoms with van der Waals surface area (Å²) in [6.45, 7) is 9.85. The summed E-state index contributed by atoms with van der Waals surface area (Å²) in [4.78, 5) is 2.32. The number of methoxy groups -OCH3 is 1. The monoisotopic (exact) mass is 251 g/mol. The van der Waals surface area contributed by atoms with Crippen molar-refractivity contribution < 1.29 is 9.84 Å². The van der Waals surface area contributed by atoms with Gasteiger partial charge < -0.3 is 9.84 Å². The second-order valence-corrected chi connectivity index (χ2v) is 5.25. The van der Waals surface area contributed by atoms with Crippen LogP contribution in [0.25, 0.3) is 0 Å². The highest BCUT2D eigenvalue weighted by molar-refractivity contribution is 5.35. The highest BCUT2D eigenvalue weighted by Gasteiger charge is 2.10. The van der Waals surface area contributed by atoms with Gasteiger partial charge in [-0.15, -0.1) is 0 Å². The summed E-state index contributed by atoms with van der Waals surface area (Å²) in [6, 6.07) is 5.75. The number of phenols is 1. The average molecular weight is 251 g/mol. The summed E-state index contributed by atoms with van der Waals surface area (Å²) >= 11 is 0. The number of benzene rings is 1. The maximum atomic E-state index is 9.89. The summed E-state index contributed by atoms with van der Waals surface area (Å²) in [5.41, 5.74) is 2.17. The van der Waals surface area contributed by atoms with Crippen molar-refractivity contribution in [2.24, 2.45) is 5.92 Å². The fourth-order valence-corrected chi connectivity index (χ4v) is 2.05. The third kappa shape index (κ3) is 5.07. The second kappa shape index (κ2) is 7.39. The molecule has 0 spiro atoms. The minimum atomic E-state index is 0.381. The Morgan fingerprint density at radius 1 is 1.33 bits per heavy atom. The van der Waals surface area contributed by atoms with E-state index in [1.807, 2.05) is 13.0 Å². The van der Waals surface area contributed by atoms with Gasteiger partial charge in [0.15, 0.2) is 0 Å². The van der Waals surface area contributed by atoms with Crippen molar-refractivity contribution in [2.45, 2.75) is 27.3 Å². The van der Waals surface area contributed by atoms with Gasteiger partial charge in [0.25, 0.3) is 0 Å². The molecule has 0 aromatic heterocycles. The Labute approximate surface area is 110 Å². The molecule has 0 bridgehead atoms. The molecule has 0 fully saturated rings. The largest absolute Gasteiger partial charge is 0.508 e. The molecule has 102 valence electrons. The first-order chi connectivity index (χ1) is 8.52. The molecule has 3 heteroatoms. The SMILES string of the molecule is COCCN(Cc1cc(C)ccc1O)CC(C)C. The van der Waals surface area contributed by atoms with Crippen LogP contribution in [0.4, 0.5) is 0 Å². The van der Waals surface area contributed by atoms with E-state index in [0.29, 0.717) is 11.7 Å². The standard InChI is InChI=1S/C15H25NO2/c1-12(2)10-16(7-8-18-4)11-14-9-13(3)5-6-15(14)17/h5-6,9,12,17H,7-8,10-11H2,1-4H3. The smallest absolute Gasteiger partial charge is 0.120 e. The van der Waals surface area contributed by atoms with E-state index in [1.54, 1.807) is 13.2 Å². The molecule has 3 nitrogen and oxygen atoms in total. The molecule has 1 aromatic carbocycles. The van der Waals surface area contributed by atoms with E-state index in [9.17, 15) is 5.11 Å². The maximum absolute atomic E-state index is 9.89. The van der Waals surface area contributed by atoms with Crippen molar-refractivity contribution in [3.05, 3.63) is 29.3 Å². The van der Waals surface area contributed by atoms with Gasteiger partial charge >= 0.3 is 0 Å². The summed E-state index contributed by atoms with van der Waals surface area (Å²) in [6.07, 6.45) is 0. The molecule has 0 radical (unpaired) electrons. The van der Waals surface area contributed by atoms with Crippen molar-refractivity contribution in [3.8, 4) is 5.75 Å². The van der Waals surface area contributed by atoms with Crippen LogP contribution in [0.1, 0.15) is 25.0 Å². The minimum Gasteiger partial charge on any atom is -0.508 e. The molecular weight excluding hydrogens is 226 g/mol. The molecule has 18 heavy (non-hydrogen) atoms. The molecule has 1 N–H and O–H groups in total. The molecule has 1 aromatic rings. The number of aromatic hydroxyl groups is 1. The first kappa shape index (κ1) is 15.0. The van der Waals surface area contributed by atoms with E-state index >= 15 is 0 Å². The Kier molecular flexibility index (Phi) is 6.16. The van der Waals surface area contributed by atoms with E-state index in [1.165, 1.54) is 5.56 Å². The van der Waals surface area contributed by atoms with Gasteiger partial charge in [0, 0.05) is 32.3 Å². The number of hydrogen-bond acceptors (Lipinski definition) is 3. The van der Waals surface area contributed by atoms with Crippen molar-refractivity contribution in [1.82, 2.24) is 4.90 Å². The van der Waals surface area contributed by atoms with Gasteiger partial charge in [-0.25, -0.2) is 0 Å². The third-order valence-corrected chi connectivity index (χ3v) is 2.86. The molecule has 0 aliphatic carbocycles. The molecular formula is C15H25NO2. The Morgan fingerprint density at radius 3 is 2.67 bits per heavy atom. The molecule has 0 saturated heterocycles. The Morgan fingerprint density at radius 2 is 2.06 bits per heavy atom. The van der Waals surface area contributed by atoms with Crippen LogP contribution in [0.2, 0.25) is 0 Å². The third-order valence-electron chi connectivity index (χ3n) is 2.86. The topological polar surface area (TPSA) is 32.7 Å².